The maximum Gasteiger partial charge on any atom is 0.416 e. The number of amides is 2. The van der Waals surface area contributed by atoms with E-state index in [0.29, 0.717) is 5.76 Å². The highest BCUT2D eigenvalue weighted by Crippen LogP contribution is 2.30. The molecule has 2 heterocycles. The maximum atomic E-state index is 13.0. The van der Waals surface area contributed by atoms with Crippen LogP contribution in [-0.4, -0.2) is 27.4 Å². The molecule has 0 aliphatic heterocycles. The largest absolute Gasteiger partial charge is 0.469 e. The first-order valence-corrected chi connectivity index (χ1v) is 8.93. The molecule has 1 aromatic carbocycles. The number of hydrogen-bond donors (Lipinski definition) is 2. The Balaban J connectivity index is 1.81. The van der Waals surface area contributed by atoms with E-state index in [-0.39, 0.29) is 28.2 Å². The molecule has 0 aliphatic rings. The minimum atomic E-state index is -4.55. The van der Waals surface area contributed by atoms with Crippen LogP contribution in [0, 0.1) is 20.8 Å². The van der Waals surface area contributed by atoms with Gasteiger partial charge >= 0.3 is 12.1 Å². The molecular formula is C20H17F3N4O4. The van der Waals surface area contributed by atoms with Gasteiger partial charge in [-0.15, -0.1) is 0 Å². The topological polar surface area (TPSA) is 106 Å². The second-order valence-corrected chi connectivity index (χ2v) is 6.63. The van der Waals surface area contributed by atoms with Crippen molar-refractivity contribution >= 4 is 17.6 Å². The van der Waals surface area contributed by atoms with E-state index in [9.17, 15) is 27.6 Å². The van der Waals surface area contributed by atoms with E-state index in [1.807, 2.05) is 5.43 Å². The van der Waals surface area contributed by atoms with Crippen LogP contribution in [0.4, 0.5) is 13.2 Å². The number of carbonyl (C=O) groups is 3. The molecule has 11 heteroatoms. The first-order valence-electron chi connectivity index (χ1n) is 8.93. The molecule has 2 aromatic heterocycles. The standard InChI is InChI=1S/C20H17F3N4O4/c1-10-16(17(28)19(30)25-24-18(29)15-7-8-31-12(15)3)11(2)27(26-10)14-6-4-5-13(9-14)20(21,22)23/h4-9H,1-3H3,(H,24,29)(H,25,30). The SMILES string of the molecule is Cc1nn(-c2cccc(C(F)(F)F)c2)c(C)c1C(=O)C(=O)NNC(=O)c1ccoc1C. The van der Waals surface area contributed by atoms with Crippen LogP contribution in [0.3, 0.4) is 0 Å². The van der Waals surface area contributed by atoms with Gasteiger partial charge in [-0.2, -0.15) is 18.3 Å². The zero-order chi connectivity index (χ0) is 22.9. The number of furan rings is 1. The Bertz CT molecular complexity index is 1180. The first-order chi connectivity index (χ1) is 14.5. The third-order valence-corrected chi connectivity index (χ3v) is 4.54. The Morgan fingerprint density at radius 1 is 1.06 bits per heavy atom. The number of aromatic nitrogens is 2. The highest BCUT2D eigenvalue weighted by Gasteiger charge is 2.31. The Hall–Kier alpha value is -3.89. The van der Waals surface area contributed by atoms with Gasteiger partial charge in [0.25, 0.3) is 11.7 Å². The van der Waals surface area contributed by atoms with Gasteiger partial charge in [0.15, 0.2) is 0 Å². The number of rotatable bonds is 4. The lowest BCUT2D eigenvalue weighted by Crippen LogP contribution is -2.45. The molecule has 0 bridgehead atoms. The van der Waals surface area contributed by atoms with Gasteiger partial charge in [-0.3, -0.25) is 25.2 Å². The normalized spacial score (nSPS) is 11.3. The number of halogens is 3. The smallest absolute Gasteiger partial charge is 0.416 e. The van der Waals surface area contributed by atoms with Crippen molar-refractivity contribution in [2.75, 3.05) is 0 Å². The van der Waals surface area contributed by atoms with Crippen LogP contribution < -0.4 is 10.9 Å². The highest BCUT2D eigenvalue weighted by atomic mass is 19.4. The van der Waals surface area contributed by atoms with Gasteiger partial charge in [0.2, 0.25) is 0 Å². The highest BCUT2D eigenvalue weighted by molar-refractivity contribution is 6.43. The van der Waals surface area contributed by atoms with Crippen molar-refractivity contribution in [1.82, 2.24) is 20.6 Å². The molecule has 2 amide bonds. The lowest BCUT2D eigenvalue weighted by Gasteiger charge is -2.10. The van der Waals surface area contributed by atoms with E-state index < -0.39 is 29.3 Å². The van der Waals surface area contributed by atoms with Crippen LogP contribution in [0.1, 0.15) is 43.4 Å². The van der Waals surface area contributed by atoms with Gasteiger partial charge in [-0.05, 0) is 45.0 Å². The van der Waals surface area contributed by atoms with Gasteiger partial charge < -0.3 is 4.42 Å². The zero-order valence-electron chi connectivity index (χ0n) is 16.6. The van der Waals surface area contributed by atoms with Crippen LogP contribution in [0.2, 0.25) is 0 Å². The summed E-state index contributed by atoms with van der Waals surface area (Å²) in [5.41, 5.74) is 3.75. The van der Waals surface area contributed by atoms with Crippen LogP contribution >= 0.6 is 0 Å². The fraction of sp³-hybridized carbons (Fsp3) is 0.200. The summed E-state index contributed by atoms with van der Waals surface area (Å²) >= 11 is 0. The first kappa shape index (κ1) is 21.8. The van der Waals surface area contributed by atoms with Crippen molar-refractivity contribution in [3.63, 3.8) is 0 Å². The van der Waals surface area contributed by atoms with Crippen LogP contribution in [0.15, 0.2) is 41.0 Å². The van der Waals surface area contributed by atoms with Crippen molar-refractivity contribution in [1.29, 1.82) is 0 Å². The molecule has 0 fully saturated rings. The Kier molecular flexibility index (Phi) is 5.69. The third-order valence-electron chi connectivity index (χ3n) is 4.54. The zero-order valence-corrected chi connectivity index (χ0v) is 16.6. The Labute approximate surface area is 174 Å². The maximum absolute atomic E-state index is 13.0. The monoisotopic (exact) mass is 434 g/mol. The number of hydrogen-bond acceptors (Lipinski definition) is 5. The van der Waals surface area contributed by atoms with Gasteiger partial charge in [-0.1, -0.05) is 6.07 Å². The summed E-state index contributed by atoms with van der Waals surface area (Å²) in [6.07, 6.45) is -3.25. The number of benzene rings is 1. The number of hydrazine groups is 1. The van der Waals surface area contributed by atoms with E-state index in [0.717, 1.165) is 16.8 Å². The molecule has 2 N–H and O–H groups in total. The van der Waals surface area contributed by atoms with E-state index in [1.54, 1.807) is 6.92 Å². The Morgan fingerprint density at radius 2 is 1.77 bits per heavy atom. The predicted octanol–water partition coefficient (Wildman–Crippen LogP) is 3.05. The summed E-state index contributed by atoms with van der Waals surface area (Å²) in [6.45, 7) is 4.45. The number of carbonyl (C=O) groups excluding carboxylic acids is 3. The molecule has 0 saturated carbocycles. The van der Waals surface area contributed by atoms with Crippen LogP contribution in [0.25, 0.3) is 5.69 Å². The number of nitrogens with zero attached hydrogens (tertiary/aromatic N) is 2. The average Bonchev–Trinajstić information content (AvgIpc) is 3.27. The minimum absolute atomic E-state index is 0.0800. The van der Waals surface area contributed by atoms with Gasteiger partial charge in [0, 0.05) is 0 Å². The molecule has 0 radical (unpaired) electrons. The fourth-order valence-electron chi connectivity index (χ4n) is 3.01. The molecule has 0 saturated heterocycles. The molecule has 3 aromatic rings. The van der Waals surface area contributed by atoms with Gasteiger partial charge in [0.1, 0.15) is 5.76 Å². The summed E-state index contributed by atoms with van der Waals surface area (Å²) in [6, 6.07) is 5.82. The summed E-state index contributed by atoms with van der Waals surface area (Å²) in [7, 11) is 0. The second-order valence-electron chi connectivity index (χ2n) is 6.63. The van der Waals surface area contributed by atoms with E-state index in [4.69, 9.17) is 4.42 Å². The van der Waals surface area contributed by atoms with E-state index in [2.05, 4.69) is 10.5 Å². The van der Waals surface area contributed by atoms with Gasteiger partial charge in [0.05, 0.1) is 40.0 Å². The minimum Gasteiger partial charge on any atom is -0.469 e. The lowest BCUT2D eigenvalue weighted by molar-refractivity contribution is -0.137. The second kappa shape index (κ2) is 8.09. The third kappa shape index (κ3) is 4.34. The molecular weight excluding hydrogens is 417 g/mol. The molecule has 31 heavy (non-hydrogen) atoms. The number of nitrogens with one attached hydrogen (secondary N) is 2. The molecule has 0 unspecified atom stereocenters. The summed E-state index contributed by atoms with van der Waals surface area (Å²) in [5, 5.41) is 4.10. The summed E-state index contributed by atoms with van der Waals surface area (Å²) in [4.78, 5) is 36.9. The molecule has 8 nitrogen and oxygen atoms in total. The van der Waals surface area contributed by atoms with E-state index in [1.165, 1.54) is 38.3 Å². The number of alkyl halides is 3. The Morgan fingerprint density at radius 3 is 2.39 bits per heavy atom. The molecule has 0 atom stereocenters. The number of Topliss-reactive ketones (excluding diaryl/α,β-unsaturated/α-hetero) is 1. The van der Waals surface area contributed by atoms with Crippen molar-refractivity contribution in [3.8, 4) is 5.69 Å². The van der Waals surface area contributed by atoms with Crippen LogP contribution in [-0.2, 0) is 11.0 Å². The van der Waals surface area contributed by atoms with E-state index >= 15 is 0 Å². The lowest BCUT2D eigenvalue weighted by atomic mass is 10.1. The summed E-state index contributed by atoms with van der Waals surface area (Å²) < 4.78 is 45.2. The van der Waals surface area contributed by atoms with Gasteiger partial charge in [-0.25, -0.2) is 4.68 Å². The fourth-order valence-corrected chi connectivity index (χ4v) is 3.01. The van der Waals surface area contributed by atoms with Crippen molar-refractivity contribution in [3.05, 3.63) is 70.4 Å². The molecule has 0 spiro atoms. The number of aryl methyl sites for hydroxylation is 2. The predicted molar refractivity (Wildman–Crippen MR) is 101 cm³/mol. The molecule has 162 valence electrons. The van der Waals surface area contributed by atoms with Crippen molar-refractivity contribution in [2.45, 2.75) is 26.9 Å². The van der Waals surface area contributed by atoms with Crippen molar-refractivity contribution in [2.24, 2.45) is 0 Å². The van der Waals surface area contributed by atoms with Crippen molar-refractivity contribution < 1.29 is 32.0 Å². The summed E-state index contributed by atoms with van der Waals surface area (Å²) in [5.74, 6) is -2.49. The average molecular weight is 434 g/mol. The quantitative estimate of drug-likeness (QED) is 0.373. The van der Waals surface area contributed by atoms with Crippen LogP contribution in [0.5, 0.6) is 0 Å². The molecule has 0 aliphatic carbocycles. The number of ketones is 1. The molecule has 3 rings (SSSR count).